The van der Waals surface area contributed by atoms with Crippen LogP contribution in [0.2, 0.25) is 0 Å². The summed E-state index contributed by atoms with van der Waals surface area (Å²) in [6.45, 7) is 3.99. The normalized spacial score (nSPS) is 17.3. The number of carbonyl (C=O) groups excluding carboxylic acids is 1. The molecule has 7 nitrogen and oxygen atoms in total. The van der Waals surface area contributed by atoms with Crippen molar-refractivity contribution < 1.29 is 24.2 Å². The minimum Gasteiger partial charge on any atom is -0.465 e. The molecule has 2 aromatic carbocycles. The molecule has 0 radical (unpaired) electrons. The first-order chi connectivity index (χ1) is 17.8. The maximum atomic E-state index is 15.5. The van der Waals surface area contributed by atoms with Crippen LogP contribution < -0.4 is 10.6 Å². The number of aliphatic hydroxyl groups is 1. The second kappa shape index (κ2) is 13.5. The fraction of sp³-hybridized carbons (Fsp3) is 0.517. The third kappa shape index (κ3) is 7.29. The number of hydrogen-bond acceptors (Lipinski definition) is 4. The Morgan fingerprint density at radius 1 is 1.16 bits per heavy atom. The van der Waals surface area contributed by atoms with Gasteiger partial charge in [-0.3, -0.25) is 4.79 Å². The van der Waals surface area contributed by atoms with E-state index in [0.717, 1.165) is 31.4 Å². The standard InChI is InChI=1S/C29H40FN3O4/c1-3-21-9-4-10-22(19-21)27-24(12-5-13-25(27)30)29(37,15-8-17-32-28(35)36)23-11-7-18-33(20-23)26(34)14-6-16-31-2/h4-5,9-10,12-13,19,23,31-32,37H,3,6-8,11,14-18,20H2,1-2H3,(H,35,36). The van der Waals surface area contributed by atoms with E-state index in [1.165, 1.54) is 6.07 Å². The van der Waals surface area contributed by atoms with E-state index in [4.69, 9.17) is 5.11 Å². The molecule has 1 saturated heterocycles. The number of carbonyl (C=O) groups is 2. The van der Waals surface area contributed by atoms with Gasteiger partial charge in [0.15, 0.2) is 0 Å². The molecular weight excluding hydrogens is 473 g/mol. The first-order valence-electron chi connectivity index (χ1n) is 13.3. The van der Waals surface area contributed by atoms with Crippen LogP contribution in [0, 0.1) is 11.7 Å². The van der Waals surface area contributed by atoms with E-state index in [-0.39, 0.29) is 24.8 Å². The smallest absolute Gasteiger partial charge is 0.404 e. The largest absolute Gasteiger partial charge is 0.465 e. The van der Waals surface area contributed by atoms with Gasteiger partial charge in [0, 0.05) is 37.5 Å². The fourth-order valence-corrected chi connectivity index (χ4v) is 5.40. The highest BCUT2D eigenvalue weighted by atomic mass is 19.1. The summed E-state index contributed by atoms with van der Waals surface area (Å²) in [7, 11) is 1.85. The van der Waals surface area contributed by atoms with Gasteiger partial charge in [-0.15, -0.1) is 0 Å². The second-order valence-corrected chi connectivity index (χ2v) is 9.86. The number of nitrogens with one attached hydrogen (secondary N) is 2. The average molecular weight is 514 g/mol. The van der Waals surface area contributed by atoms with Crippen molar-refractivity contribution in [2.45, 2.75) is 57.5 Å². The molecule has 2 amide bonds. The van der Waals surface area contributed by atoms with Crippen LogP contribution in [0.25, 0.3) is 11.1 Å². The zero-order valence-electron chi connectivity index (χ0n) is 21.9. The van der Waals surface area contributed by atoms with E-state index >= 15 is 4.39 Å². The van der Waals surface area contributed by atoms with Crippen LogP contribution in [0.3, 0.4) is 0 Å². The van der Waals surface area contributed by atoms with Gasteiger partial charge in [-0.2, -0.15) is 0 Å². The molecule has 3 rings (SSSR count). The molecule has 1 heterocycles. The Labute approximate surface area is 219 Å². The van der Waals surface area contributed by atoms with Gasteiger partial charge >= 0.3 is 6.09 Å². The van der Waals surface area contributed by atoms with Gasteiger partial charge in [0.1, 0.15) is 5.82 Å². The summed E-state index contributed by atoms with van der Waals surface area (Å²) in [5.74, 6) is -0.664. The maximum absolute atomic E-state index is 15.5. The molecule has 0 bridgehead atoms. The number of aryl methyl sites for hydroxylation is 1. The third-order valence-electron chi connectivity index (χ3n) is 7.38. The summed E-state index contributed by atoms with van der Waals surface area (Å²) < 4.78 is 15.5. The Kier molecular flexibility index (Phi) is 10.5. The number of halogens is 1. The van der Waals surface area contributed by atoms with Gasteiger partial charge in [0.2, 0.25) is 5.91 Å². The highest BCUT2D eigenvalue weighted by Crippen LogP contribution is 2.44. The Balaban J connectivity index is 1.99. The van der Waals surface area contributed by atoms with Gasteiger partial charge in [0.05, 0.1) is 5.60 Å². The van der Waals surface area contributed by atoms with E-state index in [9.17, 15) is 14.7 Å². The fourth-order valence-electron chi connectivity index (χ4n) is 5.40. The molecule has 2 unspecified atom stereocenters. The van der Waals surface area contributed by atoms with Gasteiger partial charge in [-0.1, -0.05) is 43.3 Å². The average Bonchev–Trinajstić information content (AvgIpc) is 2.91. The van der Waals surface area contributed by atoms with Crippen LogP contribution in [0.1, 0.15) is 56.6 Å². The summed E-state index contributed by atoms with van der Waals surface area (Å²) in [5, 5.41) is 26.8. The van der Waals surface area contributed by atoms with Crippen molar-refractivity contribution in [2.75, 3.05) is 33.2 Å². The third-order valence-corrected chi connectivity index (χ3v) is 7.38. The van der Waals surface area contributed by atoms with Crippen LogP contribution in [0.15, 0.2) is 42.5 Å². The molecule has 1 aliphatic rings. The SMILES string of the molecule is CCc1cccc(-c2c(F)cccc2C(O)(CCCNC(=O)O)C2CCCN(C(=O)CCCNC)C2)c1. The summed E-state index contributed by atoms with van der Waals surface area (Å²) >= 11 is 0. The lowest BCUT2D eigenvalue weighted by atomic mass is 9.72. The van der Waals surface area contributed by atoms with E-state index in [1.807, 2.05) is 43.1 Å². The highest BCUT2D eigenvalue weighted by molar-refractivity contribution is 5.76. The first kappa shape index (κ1) is 28.6. The molecule has 0 aliphatic carbocycles. The lowest BCUT2D eigenvalue weighted by Gasteiger charge is -2.43. The van der Waals surface area contributed by atoms with Crippen LogP contribution in [-0.2, 0) is 16.8 Å². The number of hydrogen-bond donors (Lipinski definition) is 4. The van der Waals surface area contributed by atoms with Crippen molar-refractivity contribution in [3.8, 4) is 11.1 Å². The number of benzene rings is 2. The summed E-state index contributed by atoms with van der Waals surface area (Å²) in [6.07, 6.45) is 2.90. The minimum atomic E-state index is -1.44. The molecule has 4 N–H and O–H groups in total. The number of nitrogens with zero attached hydrogens (tertiary/aromatic N) is 1. The predicted molar refractivity (Wildman–Crippen MR) is 143 cm³/mol. The summed E-state index contributed by atoms with van der Waals surface area (Å²) in [5.41, 5.74) is 1.18. The van der Waals surface area contributed by atoms with Crippen molar-refractivity contribution in [1.82, 2.24) is 15.5 Å². The highest BCUT2D eigenvalue weighted by Gasteiger charge is 2.43. The van der Waals surface area contributed by atoms with E-state index < -0.39 is 17.5 Å². The Morgan fingerprint density at radius 2 is 1.95 bits per heavy atom. The molecule has 0 spiro atoms. The number of rotatable bonds is 12. The Bertz CT molecular complexity index is 1060. The molecule has 2 aromatic rings. The van der Waals surface area contributed by atoms with Gasteiger partial charge in [-0.05, 0) is 74.9 Å². The number of piperidine rings is 1. The lowest BCUT2D eigenvalue weighted by Crippen LogP contribution is -2.48. The van der Waals surface area contributed by atoms with Crippen LogP contribution >= 0.6 is 0 Å². The quantitative estimate of drug-likeness (QED) is 0.313. The van der Waals surface area contributed by atoms with Gasteiger partial charge in [0.25, 0.3) is 0 Å². The molecule has 1 aliphatic heterocycles. The molecular formula is C29H40FN3O4. The molecule has 37 heavy (non-hydrogen) atoms. The minimum absolute atomic E-state index is 0.0601. The molecule has 0 aromatic heterocycles. The topological polar surface area (TPSA) is 102 Å². The Hall–Kier alpha value is -2.97. The molecule has 202 valence electrons. The monoisotopic (exact) mass is 513 g/mol. The van der Waals surface area contributed by atoms with Crippen molar-refractivity contribution in [1.29, 1.82) is 0 Å². The van der Waals surface area contributed by atoms with Crippen LogP contribution in [0.4, 0.5) is 9.18 Å². The second-order valence-electron chi connectivity index (χ2n) is 9.86. The van der Waals surface area contributed by atoms with Gasteiger partial charge in [-0.25, -0.2) is 9.18 Å². The molecule has 1 fully saturated rings. The van der Waals surface area contributed by atoms with Crippen LogP contribution in [0.5, 0.6) is 0 Å². The molecule has 2 atom stereocenters. The van der Waals surface area contributed by atoms with Crippen LogP contribution in [-0.4, -0.2) is 60.3 Å². The van der Waals surface area contributed by atoms with Crippen molar-refractivity contribution in [3.63, 3.8) is 0 Å². The lowest BCUT2D eigenvalue weighted by molar-refractivity contribution is -0.136. The summed E-state index contributed by atoms with van der Waals surface area (Å²) in [6, 6.07) is 12.5. The number of carboxylic acid groups (broad SMARTS) is 1. The summed E-state index contributed by atoms with van der Waals surface area (Å²) in [4.78, 5) is 25.7. The maximum Gasteiger partial charge on any atom is 0.404 e. The van der Waals surface area contributed by atoms with E-state index in [0.29, 0.717) is 49.0 Å². The van der Waals surface area contributed by atoms with E-state index in [2.05, 4.69) is 10.6 Å². The van der Waals surface area contributed by atoms with Crippen molar-refractivity contribution >= 4 is 12.0 Å². The zero-order chi connectivity index (χ0) is 26.8. The Morgan fingerprint density at radius 3 is 2.68 bits per heavy atom. The molecule has 0 saturated carbocycles. The number of amides is 2. The molecule has 8 heteroatoms. The van der Waals surface area contributed by atoms with E-state index in [1.54, 1.807) is 12.1 Å². The van der Waals surface area contributed by atoms with Gasteiger partial charge < -0.3 is 25.7 Å². The number of likely N-dealkylation sites (tertiary alicyclic amines) is 1. The zero-order valence-corrected chi connectivity index (χ0v) is 21.9. The van der Waals surface area contributed by atoms with Crippen molar-refractivity contribution in [2.24, 2.45) is 5.92 Å². The van der Waals surface area contributed by atoms with Crippen molar-refractivity contribution in [3.05, 3.63) is 59.4 Å². The first-order valence-corrected chi connectivity index (χ1v) is 13.3. The predicted octanol–water partition coefficient (Wildman–Crippen LogP) is 4.53.